The molecule has 2 heterocycles. The molecule has 39 heavy (non-hydrogen) atoms. The van der Waals surface area contributed by atoms with E-state index in [-0.39, 0.29) is 34.0 Å². The zero-order valence-electron chi connectivity index (χ0n) is 21.8. The van der Waals surface area contributed by atoms with Crippen molar-refractivity contribution in [3.63, 3.8) is 0 Å². The van der Waals surface area contributed by atoms with Gasteiger partial charge >= 0.3 is 10.3 Å². The van der Waals surface area contributed by atoms with Crippen LogP contribution in [0.15, 0.2) is 92.1 Å². The van der Waals surface area contributed by atoms with Gasteiger partial charge in [0.1, 0.15) is 23.8 Å². The standard InChI is InChI=1S/C26H30N8OS2.2BrH/c1-3-33-15-19-36-25(33)31-29-23-9-5-21(6-10-23)27-13-17-35-18-14-28-22-7-11-24(12-8-22)30-32-26-34(4-2)16-20-37-26;;/h5-12,15-16,19-20H,3-4,13-14,17-18H2,1-2H3;2*1H. The molecule has 0 fully saturated rings. The van der Waals surface area contributed by atoms with E-state index in [9.17, 15) is 0 Å². The van der Waals surface area contributed by atoms with E-state index in [0.29, 0.717) is 13.2 Å². The van der Waals surface area contributed by atoms with E-state index in [1.165, 1.54) is 0 Å². The number of azo groups is 2. The highest BCUT2D eigenvalue weighted by molar-refractivity contribution is 7.13. The Hall–Kier alpha value is -2.58. The number of nitrogens with one attached hydrogen (secondary N) is 2. The Balaban J connectivity index is 0.00000267. The minimum atomic E-state index is 0. The summed E-state index contributed by atoms with van der Waals surface area (Å²) in [5, 5.41) is 29.9. The Kier molecular flexibility index (Phi) is 15.0. The van der Waals surface area contributed by atoms with E-state index < -0.39 is 0 Å². The predicted octanol–water partition coefficient (Wildman–Crippen LogP) is 0.804. The first-order chi connectivity index (χ1) is 18.2. The number of anilines is 2. The average Bonchev–Trinajstić information content (AvgIpc) is 3.60. The number of hydrogen-bond acceptors (Lipinski definition) is 9. The summed E-state index contributed by atoms with van der Waals surface area (Å²) in [6.07, 6.45) is 4.04. The lowest BCUT2D eigenvalue weighted by Gasteiger charge is -2.09. The summed E-state index contributed by atoms with van der Waals surface area (Å²) in [6, 6.07) is 15.8. The average molecular weight is 697 g/mol. The molecule has 13 heteroatoms. The fourth-order valence-corrected chi connectivity index (χ4v) is 4.85. The van der Waals surface area contributed by atoms with Gasteiger partial charge in [0.15, 0.2) is 0 Å². The van der Waals surface area contributed by atoms with Crippen LogP contribution < -0.4 is 53.7 Å². The van der Waals surface area contributed by atoms with Crippen molar-refractivity contribution in [3.05, 3.63) is 71.7 Å². The van der Waals surface area contributed by atoms with E-state index in [2.05, 4.69) is 54.1 Å². The number of benzene rings is 2. The molecule has 0 saturated carbocycles. The van der Waals surface area contributed by atoms with Gasteiger partial charge in [-0.1, -0.05) is 0 Å². The van der Waals surface area contributed by atoms with Gasteiger partial charge in [0.25, 0.3) is 0 Å². The lowest BCUT2D eigenvalue weighted by atomic mass is 10.3. The molecule has 0 spiro atoms. The zero-order chi connectivity index (χ0) is 25.7. The second-order valence-corrected chi connectivity index (χ2v) is 9.65. The van der Waals surface area contributed by atoms with Crippen molar-refractivity contribution < 1.29 is 47.8 Å². The third-order valence-electron chi connectivity index (χ3n) is 5.39. The topological polar surface area (TPSA) is 90.5 Å². The van der Waals surface area contributed by atoms with Gasteiger partial charge in [0.2, 0.25) is 0 Å². The van der Waals surface area contributed by atoms with Crippen LogP contribution in [0.3, 0.4) is 0 Å². The van der Waals surface area contributed by atoms with Crippen LogP contribution in [0.1, 0.15) is 13.8 Å². The Morgan fingerprint density at radius 1 is 0.641 bits per heavy atom. The minimum absolute atomic E-state index is 0. The van der Waals surface area contributed by atoms with Crippen molar-refractivity contribution >= 4 is 55.7 Å². The number of nitrogens with zero attached hydrogens (tertiary/aromatic N) is 6. The highest BCUT2D eigenvalue weighted by Crippen LogP contribution is 2.22. The van der Waals surface area contributed by atoms with E-state index in [1.807, 2.05) is 71.7 Å². The van der Waals surface area contributed by atoms with Gasteiger partial charge in [-0.25, -0.2) is 9.13 Å². The van der Waals surface area contributed by atoms with Crippen molar-refractivity contribution in [2.24, 2.45) is 20.5 Å². The predicted molar refractivity (Wildman–Crippen MR) is 149 cm³/mol. The number of ether oxygens (including phenoxy) is 1. The van der Waals surface area contributed by atoms with Crippen molar-refractivity contribution in [3.8, 4) is 0 Å². The van der Waals surface area contributed by atoms with E-state index in [4.69, 9.17) is 4.74 Å². The van der Waals surface area contributed by atoms with Crippen LogP contribution >= 0.6 is 22.7 Å². The largest absolute Gasteiger partial charge is 1.00 e. The summed E-state index contributed by atoms with van der Waals surface area (Å²) >= 11 is 3.16. The van der Waals surface area contributed by atoms with Crippen LogP contribution in [0.25, 0.3) is 0 Å². The molecule has 2 aromatic carbocycles. The number of hydrogen-bond donors (Lipinski definition) is 2. The van der Waals surface area contributed by atoms with E-state index in [0.717, 1.165) is 59.2 Å². The Morgan fingerprint density at radius 3 is 1.44 bits per heavy atom. The number of aromatic nitrogens is 2. The molecule has 0 atom stereocenters. The summed E-state index contributed by atoms with van der Waals surface area (Å²) < 4.78 is 9.87. The molecule has 4 aromatic rings. The molecule has 0 bridgehead atoms. The fraction of sp³-hybridized carbons (Fsp3) is 0.308. The molecule has 2 N–H and O–H groups in total. The van der Waals surface area contributed by atoms with Crippen molar-refractivity contribution in [2.75, 3.05) is 36.9 Å². The molecular formula is C26H32Br2N8OS2. The molecule has 0 amide bonds. The van der Waals surface area contributed by atoms with Gasteiger partial charge in [-0.15, -0.1) is 0 Å². The van der Waals surface area contributed by atoms with E-state index in [1.54, 1.807) is 22.7 Å². The molecule has 0 aliphatic heterocycles. The number of thiazole rings is 2. The van der Waals surface area contributed by atoms with Gasteiger partial charge in [0.05, 0.1) is 36.5 Å². The fourth-order valence-electron chi connectivity index (χ4n) is 3.37. The van der Waals surface area contributed by atoms with Crippen molar-refractivity contribution in [1.29, 1.82) is 0 Å². The Labute approximate surface area is 258 Å². The maximum absolute atomic E-state index is 5.73. The monoisotopic (exact) mass is 694 g/mol. The van der Waals surface area contributed by atoms with Crippen LogP contribution in [0.5, 0.6) is 0 Å². The van der Waals surface area contributed by atoms with Gasteiger partial charge in [0, 0.05) is 35.2 Å². The van der Waals surface area contributed by atoms with Gasteiger partial charge in [-0.2, -0.15) is 0 Å². The van der Waals surface area contributed by atoms with Crippen LogP contribution in [0, 0.1) is 0 Å². The van der Waals surface area contributed by atoms with Crippen LogP contribution in [-0.2, 0) is 17.8 Å². The normalized spacial score (nSPS) is 10.9. The molecule has 9 nitrogen and oxygen atoms in total. The van der Waals surface area contributed by atoms with Gasteiger partial charge in [-0.05, 0) is 95.3 Å². The molecule has 0 saturated heterocycles. The van der Waals surface area contributed by atoms with Crippen LogP contribution in [0.4, 0.5) is 33.0 Å². The third kappa shape index (κ3) is 10.5. The number of aryl methyl sites for hydroxylation is 2. The lowest BCUT2D eigenvalue weighted by Crippen LogP contribution is -3.00. The first kappa shape index (κ1) is 32.6. The van der Waals surface area contributed by atoms with E-state index >= 15 is 0 Å². The highest BCUT2D eigenvalue weighted by atomic mass is 79.9. The molecule has 0 aliphatic rings. The first-order valence-electron chi connectivity index (χ1n) is 12.3. The van der Waals surface area contributed by atoms with Crippen molar-refractivity contribution in [1.82, 2.24) is 0 Å². The minimum Gasteiger partial charge on any atom is -1.00 e. The third-order valence-corrected chi connectivity index (χ3v) is 6.96. The molecule has 4 rings (SSSR count). The molecule has 0 radical (unpaired) electrons. The summed E-state index contributed by atoms with van der Waals surface area (Å²) in [5.74, 6) is 0. The SMILES string of the molecule is CC[n+]1ccsc1N=Nc1ccc(NCCOCCNc2ccc(N=Nc3scc[n+]3CC)cc2)cc1.[Br-].[Br-]. The highest BCUT2D eigenvalue weighted by Gasteiger charge is 2.10. The van der Waals surface area contributed by atoms with Crippen molar-refractivity contribution in [2.45, 2.75) is 26.9 Å². The summed E-state index contributed by atoms with van der Waals surface area (Å²) in [7, 11) is 0. The van der Waals surface area contributed by atoms with Gasteiger partial charge < -0.3 is 49.3 Å². The maximum atomic E-state index is 5.73. The summed E-state index contributed by atoms with van der Waals surface area (Å²) in [6.45, 7) is 8.66. The molecular weight excluding hydrogens is 664 g/mol. The second-order valence-electron chi connectivity index (χ2n) is 7.90. The molecule has 208 valence electrons. The molecule has 2 aromatic heterocycles. The first-order valence-corrected chi connectivity index (χ1v) is 14.0. The molecule has 0 unspecified atom stereocenters. The second kappa shape index (κ2) is 17.9. The summed E-state index contributed by atoms with van der Waals surface area (Å²) in [4.78, 5) is 0. The zero-order valence-corrected chi connectivity index (χ0v) is 26.6. The molecule has 0 aliphatic carbocycles. The van der Waals surface area contributed by atoms with Crippen LogP contribution in [-0.4, -0.2) is 26.3 Å². The lowest BCUT2D eigenvalue weighted by molar-refractivity contribution is -0.677. The summed E-state index contributed by atoms with van der Waals surface area (Å²) in [5.41, 5.74) is 3.71. The van der Waals surface area contributed by atoms with Gasteiger partial charge in [-0.3, -0.25) is 0 Å². The smallest absolute Gasteiger partial charge is 0.408 e. The quantitative estimate of drug-likeness (QED) is 0.116. The maximum Gasteiger partial charge on any atom is 0.408 e. The Bertz CT molecular complexity index is 1190. The number of rotatable bonds is 14. The van der Waals surface area contributed by atoms with Crippen LogP contribution in [0.2, 0.25) is 0 Å². The Morgan fingerprint density at radius 2 is 1.05 bits per heavy atom. The number of halogens is 2.